The van der Waals surface area contributed by atoms with E-state index in [9.17, 15) is 17.6 Å². The molecule has 0 radical (unpaired) electrons. The van der Waals surface area contributed by atoms with Gasteiger partial charge in [0.15, 0.2) is 5.82 Å². The molecule has 3 aromatic heterocycles. The van der Waals surface area contributed by atoms with Gasteiger partial charge in [-0.3, -0.25) is 9.67 Å². The quantitative estimate of drug-likeness (QED) is 0.600. The Kier molecular flexibility index (Phi) is 5.48. The molecular formula is C18H20F4N6. The number of fused-ring (bicyclic) bond motifs is 1. The van der Waals surface area contributed by atoms with E-state index in [0.717, 1.165) is 4.68 Å². The molecule has 0 spiro atoms. The molecular weight excluding hydrogens is 376 g/mol. The molecule has 3 aromatic rings. The standard InChI is InChI=1S/C18H20F4N6/c1-3-17(19,4-2)10-25-16-15-14(23-5-6-24-15)7-13(27-16)12-8-26-28(9-12)11-18(20,21)22/h5-9H,3-4,10-11H2,1-2H3,(H,25,27). The van der Waals surface area contributed by atoms with Gasteiger partial charge in [-0.2, -0.15) is 18.3 Å². The lowest BCUT2D eigenvalue weighted by molar-refractivity contribution is -0.142. The predicted octanol–water partition coefficient (Wildman–Crippen LogP) is 4.39. The zero-order valence-electron chi connectivity index (χ0n) is 15.5. The van der Waals surface area contributed by atoms with Crippen molar-refractivity contribution in [1.29, 1.82) is 0 Å². The van der Waals surface area contributed by atoms with Gasteiger partial charge in [-0.15, -0.1) is 0 Å². The number of anilines is 1. The Morgan fingerprint density at radius 2 is 1.79 bits per heavy atom. The topological polar surface area (TPSA) is 68.5 Å². The predicted molar refractivity (Wildman–Crippen MR) is 97.5 cm³/mol. The minimum atomic E-state index is -4.37. The van der Waals surface area contributed by atoms with E-state index >= 15 is 0 Å². The second-order valence-electron chi connectivity index (χ2n) is 6.53. The van der Waals surface area contributed by atoms with Crippen LogP contribution in [-0.2, 0) is 6.54 Å². The Labute approximate surface area is 159 Å². The molecule has 0 saturated heterocycles. The summed E-state index contributed by atoms with van der Waals surface area (Å²) in [6.07, 6.45) is 1.87. The van der Waals surface area contributed by atoms with Gasteiger partial charge >= 0.3 is 6.18 Å². The van der Waals surface area contributed by atoms with Crippen molar-refractivity contribution in [2.75, 3.05) is 11.9 Å². The van der Waals surface area contributed by atoms with Gasteiger partial charge in [0.1, 0.15) is 17.7 Å². The van der Waals surface area contributed by atoms with Crippen LogP contribution in [0.25, 0.3) is 22.3 Å². The summed E-state index contributed by atoms with van der Waals surface area (Å²) in [6.45, 7) is 2.38. The largest absolute Gasteiger partial charge is 0.408 e. The van der Waals surface area contributed by atoms with E-state index < -0.39 is 18.4 Å². The molecule has 28 heavy (non-hydrogen) atoms. The number of hydrogen-bond acceptors (Lipinski definition) is 5. The Hall–Kier alpha value is -2.78. The number of alkyl halides is 4. The Morgan fingerprint density at radius 3 is 2.46 bits per heavy atom. The first-order chi connectivity index (χ1) is 13.2. The van der Waals surface area contributed by atoms with E-state index in [-0.39, 0.29) is 6.54 Å². The van der Waals surface area contributed by atoms with Gasteiger partial charge in [0, 0.05) is 24.2 Å². The van der Waals surface area contributed by atoms with Crippen molar-refractivity contribution in [3.63, 3.8) is 0 Å². The summed E-state index contributed by atoms with van der Waals surface area (Å²) in [5, 5.41) is 6.73. The number of pyridine rings is 1. The first-order valence-corrected chi connectivity index (χ1v) is 8.87. The van der Waals surface area contributed by atoms with E-state index in [1.54, 1.807) is 19.9 Å². The summed E-state index contributed by atoms with van der Waals surface area (Å²) in [7, 11) is 0. The molecule has 10 heteroatoms. The van der Waals surface area contributed by atoms with E-state index in [0.29, 0.717) is 41.0 Å². The highest BCUT2D eigenvalue weighted by molar-refractivity contribution is 5.88. The zero-order chi connectivity index (χ0) is 20.4. The Balaban J connectivity index is 1.96. The minimum Gasteiger partial charge on any atom is -0.365 e. The smallest absolute Gasteiger partial charge is 0.365 e. The SMILES string of the molecule is CCC(F)(CC)CNc1nc(-c2cnn(CC(F)(F)F)c2)cc2nccnc12. The summed E-state index contributed by atoms with van der Waals surface area (Å²) in [6, 6.07) is 1.62. The molecule has 0 unspecified atom stereocenters. The van der Waals surface area contributed by atoms with Gasteiger partial charge < -0.3 is 5.32 Å². The van der Waals surface area contributed by atoms with Crippen molar-refractivity contribution < 1.29 is 17.6 Å². The van der Waals surface area contributed by atoms with Crippen molar-refractivity contribution in [3.05, 3.63) is 30.9 Å². The van der Waals surface area contributed by atoms with Gasteiger partial charge in [-0.05, 0) is 18.9 Å². The molecule has 0 aliphatic carbocycles. The van der Waals surface area contributed by atoms with Crippen LogP contribution in [0.1, 0.15) is 26.7 Å². The van der Waals surface area contributed by atoms with E-state index in [2.05, 4.69) is 25.4 Å². The maximum atomic E-state index is 14.7. The summed E-state index contributed by atoms with van der Waals surface area (Å²) in [5.41, 5.74) is 0.335. The molecule has 6 nitrogen and oxygen atoms in total. The van der Waals surface area contributed by atoms with Crippen molar-refractivity contribution in [2.24, 2.45) is 0 Å². The van der Waals surface area contributed by atoms with Crippen molar-refractivity contribution in [2.45, 2.75) is 45.1 Å². The van der Waals surface area contributed by atoms with Crippen LogP contribution < -0.4 is 5.32 Å². The molecule has 0 aliphatic rings. The highest BCUT2D eigenvalue weighted by Crippen LogP contribution is 2.28. The molecule has 0 amide bonds. The monoisotopic (exact) mass is 396 g/mol. The van der Waals surface area contributed by atoms with Gasteiger partial charge in [-0.25, -0.2) is 14.4 Å². The van der Waals surface area contributed by atoms with Crippen LogP contribution in [0.5, 0.6) is 0 Å². The highest BCUT2D eigenvalue weighted by atomic mass is 19.4. The number of halogens is 4. The Morgan fingerprint density at radius 1 is 1.07 bits per heavy atom. The molecule has 0 bridgehead atoms. The average molecular weight is 396 g/mol. The third-order valence-electron chi connectivity index (χ3n) is 4.57. The maximum Gasteiger partial charge on any atom is 0.408 e. The molecule has 150 valence electrons. The molecule has 1 N–H and O–H groups in total. The summed E-state index contributed by atoms with van der Waals surface area (Å²) in [5.74, 6) is 0.327. The highest BCUT2D eigenvalue weighted by Gasteiger charge is 2.29. The maximum absolute atomic E-state index is 14.7. The number of nitrogens with zero attached hydrogens (tertiary/aromatic N) is 5. The van der Waals surface area contributed by atoms with Crippen molar-refractivity contribution in [3.8, 4) is 11.3 Å². The van der Waals surface area contributed by atoms with Crippen molar-refractivity contribution >= 4 is 16.9 Å². The number of aromatic nitrogens is 5. The average Bonchev–Trinajstić information content (AvgIpc) is 3.12. The summed E-state index contributed by atoms with van der Waals surface area (Å²) >= 11 is 0. The lowest BCUT2D eigenvalue weighted by Gasteiger charge is -2.23. The molecule has 0 fully saturated rings. The normalized spacial score (nSPS) is 12.5. The molecule has 3 heterocycles. The van der Waals surface area contributed by atoms with Gasteiger partial charge in [0.25, 0.3) is 0 Å². The molecule has 0 saturated carbocycles. The second kappa shape index (κ2) is 7.69. The van der Waals surface area contributed by atoms with E-state index in [1.807, 2.05) is 0 Å². The summed E-state index contributed by atoms with van der Waals surface area (Å²) < 4.78 is 53.2. The van der Waals surface area contributed by atoms with Crippen LogP contribution in [0.3, 0.4) is 0 Å². The van der Waals surface area contributed by atoms with E-state index in [1.165, 1.54) is 24.8 Å². The van der Waals surface area contributed by atoms with Gasteiger partial charge in [0.2, 0.25) is 0 Å². The van der Waals surface area contributed by atoms with E-state index in [4.69, 9.17) is 0 Å². The van der Waals surface area contributed by atoms with Crippen LogP contribution in [0.2, 0.25) is 0 Å². The molecule has 0 aromatic carbocycles. The third-order valence-corrected chi connectivity index (χ3v) is 4.57. The number of hydrogen-bond donors (Lipinski definition) is 1. The van der Waals surface area contributed by atoms with Crippen molar-refractivity contribution in [1.82, 2.24) is 24.7 Å². The number of rotatable bonds is 7. The number of nitrogens with one attached hydrogen (secondary N) is 1. The first kappa shape index (κ1) is 20.0. The zero-order valence-corrected chi connectivity index (χ0v) is 15.5. The Bertz CT molecular complexity index is 949. The molecule has 0 atom stereocenters. The van der Waals surface area contributed by atoms with Crippen LogP contribution >= 0.6 is 0 Å². The fourth-order valence-corrected chi connectivity index (χ4v) is 2.75. The van der Waals surface area contributed by atoms with Gasteiger partial charge in [0.05, 0.1) is 24.0 Å². The first-order valence-electron chi connectivity index (χ1n) is 8.87. The third kappa shape index (κ3) is 4.55. The molecule has 3 rings (SSSR count). The second-order valence-corrected chi connectivity index (χ2v) is 6.53. The lowest BCUT2D eigenvalue weighted by Crippen LogP contribution is -2.31. The lowest BCUT2D eigenvalue weighted by atomic mass is 10.00. The molecule has 0 aliphatic heterocycles. The van der Waals surface area contributed by atoms with Crippen LogP contribution in [-0.4, -0.2) is 43.1 Å². The van der Waals surface area contributed by atoms with Crippen LogP contribution in [0.15, 0.2) is 30.9 Å². The van der Waals surface area contributed by atoms with Crippen LogP contribution in [0, 0.1) is 0 Å². The summed E-state index contributed by atoms with van der Waals surface area (Å²) in [4.78, 5) is 12.9. The fourth-order valence-electron chi connectivity index (χ4n) is 2.75. The van der Waals surface area contributed by atoms with Gasteiger partial charge in [-0.1, -0.05) is 13.8 Å². The minimum absolute atomic E-state index is 0.0372. The van der Waals surface area contributed by atoms with Crippen LogP contribution in [0.4, 0.5) is 23.4 Å². The fraction of sp³-hybridized carbons (Fsp3) is 0.444.